The first-order chi connectivity index (χ1) is 16.6. The molecule has 0 aliphatic carbocycles. The molecule has 1 heterocycles. The molecule has 0 aromatic heterocycles. The molecule has 1 aliphatic rings. The van der Waals surface area contributed by atoms with Crippen LogP contribution in [0.5, 0.6) is 5.75 Å². The van der Waals surface area contributed by atoms with Gasteiger partial charge in [0.2, 0.25) is 0 Å². The third-order valence-electron chi connectivity index (χ3n) is 5.08. The maximum Gasteiger partial charge on any atom is 0.326 e. The lowest BCUT2D eigenvalue weighted by Crippen LogP contribution is -2.34. The summed E-state index contributed by atoms with van der Waals surface area (Å²) in [6, 6.07) is 12.4. The molecule has 0 spiro atoms. The van der Waals surface area contributed by atoms with Crippen molar-refractivity contribution in [1.29, 1.82) is 0 Å². The Labute approximate surface area is 208 Å². The Morgan fingerprint density at radius 2 is 1.77 bits per heavy atom. The first-order valence-corrected chi connectivity index (χ1v) is 11.9. The predicted octanol–water partition coefficient (Wildman–Crippen LogP) is 4.56. The molecule has 3 rings (SSSR count). The van der Waals surface area contributed by atoms with Crippen LogP contribution in [-0.4, -0.2) is 47.7 Å². The van der Waals surface area contributed by atoms with Crippen molar-refractivity contribution in [2.75, 3.05) is 25.1 Å². The van der Waals surface area contributed by atoms with Crippen molar-refractivity contribution in [1.82, 2.24) is 4.90 Å². The smallest absolute Gasteiger partial charge is 0.326 e. The molecule has 1 N–H and O–H groups in total. The Morgan fingerprint density at radius 3 is 2.43 bits per heavy atom. The number of esters is 1. The summed E-state index contributed by atoms with van der Waals surface area (Å²) in [5, 5.41) is 2.28. The summed E-state index contributed by atoms with van der Waals surface area (Å²) in [6.07, 6.45) is 1.57. The van der Waals surface area contributed by atoms with Crippen molar-refractivity contribution < 1.29 is 28.7 Å². The molecule has 35 heavy (non-hydrogen) atoms. The molecule has 0 radical (unpaired) electrons. The summed E-state index contributed by atoms with van der Waals surface area (Å²) in [7, 11) is 0. The van der Waals surface area contributed by atoms with Crippen LogP contribution in [0, 0.1) is 19.8 Å². The minimum atomic E-state index is -0.620. The Balaban J connectivity index is 1.53. The van der Waals surface area contributed by atoms with E-state index < -0.39 is 23.7 Å². The molecule has 1 aliphatic heterocycles. The minimum absolute atomic E-state index is 0.155. The van der Waals surface area contributed by atoms with Crippen LogP contribution >= 0.6 is 11.8 Å². The van der Waals surface area contributed by atoms with Crippen molar-refractivity contribution in [2.24, 2.45) is 5.92 Å². The number of anilines is 1. The summed E-state index contributed by atoms with van der Waals surface area (Å²) in [4.78, 5) is 49.9. The van der Waals surface area contributed by atoms with Crippen molar-refractivity contribution in [3.8, 4) is 5.75 Å². The molecule has 0 atom stereocenters. The lowest BCUT2D eigenvalue weighted by atomic mass is 10.1. The van der Waals surface area contributed by atoms with Crippen LogP contribution in [-0.2, 0) is 19.1 Å². The van der Waals surface area contributed by atoms with Crippen LogP contribution in [0.2, 0.25) is 0 Å². The number of benzene rings is 2. The van der Waals surface area contributed by atoms with Crippen molar-refractivity contribution >= 4 is 46.5 Å². The van der Waals surface area contributed by atoms with Gasteiger partial charge in [0, 0.05) is 5.69 Å². The third kappa shape index (κ3) is 7.45. The van der Waals surface area contributed by atoms with E-state index in [1.807, 2.05) is 45.9 Å². The van der Waals surface area contributed by atoms with Crippen LogP contribution in [0.1, 0.15) is 30.5 Å². The van der Waals surface area contributed by atoms with Gasteiger partial charge in [-0.15, -0.1) is 0 Å². The van der Waals surface area contributed by atoms with E-state index in [-0.39, 0.29) is 29.9 Å². The molecular weight excluding hydrogens is 468 g/mol. The molecule has 2 aromatic rings. The Kier molecular flexibility index (Phi) is 8.70. The van der Waals surface area contributed by atoms with Crippen LogP contribution < -0.4 is 10.1 Å². The lowest BCUT2D eigenvalue weighted by Gasteiger charge is -2.12. The van der Waals surface area contributed by atoms with Gasteiger partial charge in [-0.1, -0.05) is 32.0 Å². The quantitative estimate of drug-likeness (QED) is 0.401. The van der Waals surface area contributed by atoms with Gasteiger partial charge in [0.25, 0.3) is 17.1 Å². The highest BCUT2D eigenvalue weighted by molar-refractivity contribution is 8.18. The second-order valence-electron chi connectivity index (χ2n) is 8.55. The maximum atomic E-state index is 12.6. The van der Waals surface area contributed by atoms with Gasteiger partial charge >= 0.3 is 5.97 Å². The van der Waals surface area contributed by atoms with Crippen LogP contribution in [0.4, 0.5) is 10.5 Å². The predicted molar refractivity (Wildman–Crippen MR) is 135 cm³/mol. The molecule has 0 unspecified atom stereocenters. The summed E-state index contributed by atoms with van der Waals surface area (Å²) in [5.74, 6) is -0.793. The van der Waals surface area contributed by atoms with Crippen LogP contribution in [0.3, 0.4) is 0 Å². The minimum Gasteiger partial charge on any atom is -0.484 e. The second-order valence-corrected chi connectivity index (χ2v) is 9.54. The maximum absolute atomic E-state index is 12.6. The number of imide groups is 1. The molecule has 1 fully saturated rings. The van der Waals surface area contributed by atoms with Gasteiger partial charge in [-0.25, -0.2) is 0 Å². The molecular formula is C26H28N2O6S. The first-order valence-electron chi connectivity index (χ1n) is 11.1. The van der Waals surface area contributed by atoms with Gasteiger partial charge in [-0.2, -0.15) is 0 Å². The highest BCUT2D eigenvalue weighted by atomic mass is 32.2. The van der Waals surface area contributed by atoms with E-state index >= 15 is 0 Å². The zero-order chi connectivity index (χ0) is 25.5. The highest BCUT2D eigenvalue weighted by Crippen LogP contribution is 2.32. The molecule has 3 amide bonds. The Hall–Kier alpha value is -3.59. The summed E-state index contributed by atoms with van der Waals surface area (Å²) in [5.41, 5.74) is 3.61. The number of carbonyl (C=O) groups excluding carboxylic acids is 4. The number of ether oxygens (including phenoxy) is 2. The van der Waals surface area contributed by atoms with Gasteiger partial charge in [0.05, 0.1) is 11.5 Å². The van der Waals surface area contributed by atoms with E-state index in [2.05, 4.69) is 5.32 Å². The van der Waals surface area contributed by atoms with E-state index in [0.29, 0.717) is 17.0 Å². The van der Waals surface area contributed by atoms with E-state index in [9.17, 15) is 19.2 Å². The van der Waals surface area contributed by atoms with E-state index in [0.717, 1.165) is 27.8 Å². The number of hydrogen-bond donors (Lipinski definition) is 1. The standard InChI is InChI=1S/C26H28N2O6S/c1-16(2)14-34-24(30)13-28-25(31)22(35-26(28)32)12-19-6-9-21(10-7-19)33-15-23(29)27-20-8-5-17(3)18(4)11-20/h5-12,16H,13-15H2,1-4H3,(H,27,29)/b22-12-. The van der Waals surface area contributed by atoms with Gasteiger partial charge in [-0.3, -0.25) is 24.1 Å². The van der Waals surface area contributed by atoms with Crippen molar-refractivity contribution in [2.45, 2.75) is 27.7 Å². The fraction of sp³-hybridized carbons (Fsp3) is 0.308. The van der Waals surface area contributed by atoms with Crippen LogP contribution in [0.25, 0.3) is 6.08 Å². The van der Waals surface area contributed by atoms with Crippen molar-refractivity contribution in [3.05, 3.63) is 64.1 Å². The number of nitrogens with one attached hydrogen (secondary N) is 1. The topological polar surface area (TPSA) is 102 Å². The molecule has 8 nitrogen and oxygen atoms in total. The number of carbonyl (C=O) groups is 4. The highest BCUT2D eigenvalue weighted by Gasteiger charge is 2.36. The Morgan fingerprint density at radius 1 is 1.06 bits per heavy atom. The molecule has 1 saturated heterocycles. The fourth-order valence-electron chi connectivity index (χ4n) is 3.05. The molecule has 2 aromatic carbocycles. The third-order valence-corrected chi connectivity index (χ3v) is 5.98. The fourth-order valence-corrected chi connectivity index (χ4v) is 3.89. The average molecular weight is 497 g/mol. The first kappa shape index (κ1) is 26.0. The molecule has 9 heteroatoms. The number of aryl methyl sites for hydroxylation is 2. The molecule has 0 saturated carbocycles. The number of nitrogens with zero attached hydrogens (tertiary/aromatic N) is 1. The van der Waals surface area contributed by atoms with E-state index in [1.54, 1.807) is 30.3 Å². The SMILES string of the molecule is Cc1ccc(NC(=O)COc2ccc(/C=C3\SC(=O)N(CC(=O)OCC(C)C)C3=O)cc2)cc1C. The van der Waals surface area contributed by atoms with E-state index in [4.69, 9.17) is 9.47 Å². The van der Waals surface area contributed by atoms with Gasteiger partial charge < -0.3 is 14.8 Å². The van der Waals surface area contributed by atoms with Crippen LogP contribution in [0.15, 0.2) is 47.4 Å². The number of hydrogen-bond acceptors (Lipinski definition) is 7. The summed E-state index contributed by atoms with van der Waals surface area (Å²) in [6.45, 7) is 7.44. The Bertz CT molecular complexity index is 1160. The zero-order valence-corrected chi connectivity index (χ0v) is 20.9. The van der Waals surface area contributed by atoms with Gasteiger partial charge in [0.15, 0.2) is 6.61 Å². The zero-order valence-electron chi connectivity index (χ0n) is 20.1. The number of amides is 3. The van der Waals surface area contributed by atoms with E-state index in [1.165, 1.54) is 0 Å². The molecule has 184 valence electrons. The lowest BCUT2D eigenvalue weighted by molar-refractivity contribution is -0.147. The number of thioether (sulfide) groups is 1. The number of rotatable bonds is 9. The monoisotopic (exact) mass is 496 g/mol. The average Bonchev–Trinajstić information content (AvgIpc) is 3.07. The van der Waals surface area contributed by atoms with Gasteiger partial charge in [0.1, 0.15) is 12.3 Å². The largest absolute Gasteiger partial charge is 0.484 e. The summed E-state index contributed by atoms with van der Waals surface area (Å²) >= 11 is 0.771. The summed E-state index contributed by atoms with van der Waals surface area (Å²) < 4.78 is 10.6. The molecule has 0 bridgehead atoms. The van der Waals surface area contributed by atoms with Crippen molar-refractivity contribution in [3.63, 3.8) is 0 Å². The van der Waals surface area contributed by atoms with Gasteiger partial charge in [-0.05, 0) is 78.6 Å². The normalized spacial score (nSPS) is 14.5. The second kappa shape index (κ2) is 11.7.